The number of para-hydroxylation sites is 1. The maximum absolute atomic E-state index is 12.6. The highest BCUT2D eigenvalue weighted by Crippen LogP contribution is 2.27. The Labute approximate surface area is 175 Å². The molecule has 0 bridgehead atoms. The van der Waals surface area contributed by atoms with Gasteiger partial charge in [-0.1, -0.05) is 78.9 Å². The lowest BCUT2D eigenvalue weighted by Crippen LogP contribution is -2.37. The Morgan fingerprint density at radius 1 is 0.867 bits per heavy atom. The third-order valence-electron chi connectivity index (χ3n) is 4.58. The van der Waals surface area contributed by atoms with Crippen molar-refractivity contribution in [3.05, 3.63) is 102 Å². The van der Waals surface area contributed by atoms with E-state index in [9.17, 15) is 14.7 Å². The zero-order chi connectivity index (χ0) is 21.3. The topological polar surface area (TPSA) is 84.9 Å². The van der Waals surface area contributed by atoms with E-state index in [0.29, 0.717) is 0 Å². The Kier molecular flexibility index (Phi) is 7.19. The summed E-state index contributed by atoms with van der Waals surface area (Å²) in [5.74, 6) is -1.31. The highest BCUT2D eigenvalue weighted by Gasteiger charge is 2.26. The summed E-state index contributed by atoms with van der Waals surface area (Å²) < 4.78 is 10.7. The van der Waals surface area contributed by atoms with Gasteiger partial charge in [-0.3, -0.25) is 4.79 Å². The van der Waals surface area contributed by atoms with Crippen LogP contribution in [0.5, 0.6) is 5.75 Å². The molecule has 0 heterocycles. The van der Waals surface area contributed by atoms with E-state index >= 15 is 0 Å². The summed E-state index contributed by atoms with van der Waals surface area (Å²) in [6.45, 7) is -0.282. The third-order valence-corrected chi connectivity index (χ3v) is 4.58. The number of esters is 1. The molecule has 0 aromatic heterocycles. The zero-order valence-electron chi connectivity index (χ0n) is 16.5. The van der Waals surface area contributed by atoms with Gasteiger partial charge in [0.25, 0.3) is 0 Å². The fourth-order valence-electron chi connectivity index (χ4n) is 3.12. The van der Waals surface area contributed by atoms with Crippen molar-refractivity contribution in [2.45, 2.75) is 12.1 Å². The van der Waals surface area contributed by atoms with Crippen molar-refractivity contribution < 1.29 is 24.2 Å². The molecule has 6 nitrogen and oxygen atoms in total. The lowest BCUT2D eigenvalue weighted by Gasteiger charge is -2.21. The summed E-state index contributed by atoms with van der Waals surface area (Å²) >= 11 is 0. The molecule has 0 spiro atoms. The first kappa shape index (κ1) is 21.1. The molecule has 3 rings (SSSR count). The number of nitrogens with one attached hydrogen (secondary N) is 1. The van der Waals surface area contributed by atoms with Gasteiger partial charge in [-0.15, -0.1) is 0 Å². The van der Waals surface area contributed by atoms with E-state index in [4.69, 9.17) is 9.47 Å². The van der Waals surface area contributed by atoms with Crippen LogP contribution in [-0.2, 0) is 19.1 Å². The number of amides is 1. The van der Waals surface area contributed by atoms with Crippen molar-refractivity contribution in [1.82, 2.24) is 5.32 Å². The second kappa shape index (κ2) is 10.2. The molecule has 6 heteroatoms. The van der Waals surface area contributed by atoms with Gasteiger partial charge in [0.05, 0.1) is 7.11 Å². The summed E-state index contributed by atoms with van der Waals surface area (Å²) in [4.78, 5) is 24.8. The summed E-state index contributed by atoms with van der Waals surface area (Å²) in [6, 6.07) is 24.3. The number of hydrogen-bond donors (Lipinski definition) is 2. The molecule has 0 unspecified atom stereocenters. The summed E-state index contributed by atoms with van der Waals surface area (Å²) in [5.41, 5.74) is 2.06. The standard InChI is InChI=1S/C24H23NO5/c1-29-24(28)22(19-14-8-9-15-20(19)26)25-21(27)16-30-23(17-10-4-2-5-11-17)18-12-6-3-7-13-18/h2-15,22-23,26H,16H2,1H3,(H,25,27)/t22-/m0/s1. The number of carbonyl (C=O) groups excluding carboxylic acids is 2. The number of ether oxygens (including phenoxy) is 2. The van der Waals surface area contributed by atoms with E-state index in [1.807, 2.05) is 60.7 Å². The molecular weight excluding hydrogens is 382 g/mol. The number of carbonyl (C=O) groups is 2. The molecule has 0 radical (unpaired) electrons. The number of aromatic hydroxyl groups is 1. The Morgan fingerprint density at radius 2 is 1.40 bits per heavy atom. The number of phenolic OH excluding ortho intramolecular Hbond substituents is 1. The van der Waals surface area contributed by atoms with Crippen LogP contribution < -0.4 is 5.32 Å². The number of phenols is 1. The van der Waals surface area contributed by atoms with Crippen molar-refractivity contribution in [3.63, 3.8) is 0 Å². The average molecular weight is 405 g/mol. The van der Waals surface area contributed by atoms with Crippen LogP contribution in [0.3, 0.4) is 0 Å². The molecule has 3 aromatic carbocycles. The van der Waals surface area contributed by atoms with Gasteiger partial charge in [0.2, 0.25) is 5.91 Å². The van der Waals surface area contributed by atoms with Crippen LogP contribution in [0.4, 0.5) is 0 Å². The average Bonchev–Trinajstić information content (AvgIpc) is 2.79. The van der Waals surface area contributed by atoms with Crippen LogP contribution in [0.15, 0.2) is 84.9 Å². The number of hydrogen-bond acceptors (Lipinski definition) is 5. The quantitative estimate of drug-likeness (QED) is 0.560. The molecule has 0 aliphatic rings. The molecule has 3 aromatic rings. The van der Waals surface area contributed by atoms with Gasteiger partial charge in [-0.2, -0.15) is 0 Å². The molecule has 0 aliphatic heterocycles. The molecule has 0 saturated heterocycles. The summed E-state index contributed by atoms with van der Waals surface area (Å²) in [6.07, 6.45) is -0.445. The summed E-state index contributed by atoms with van der Waals surface area (Å²) in [5, 5.41) is 12.6. The molecule has 1 amide bonds. The Balaban J connectivity index is 1.74. The maximum atomic E-state index is 12.6. The predicted octanol–water partition coefficient (Wildman–Crippen LogP) is 3.53. The van der Waals surface area contributed by atoms with E-state index < -0.39 is 24.0 Å². The Hall–Kier alpha value is -3.64. The van der Waals surface area contributed by atoms with Gasteiger partial charge in [-0.05, 0) is 17.2 Å². The minimum absolute atomic E-state index is 0.111. The molecule has 0 aliphatic carbocycles. The monoisotopic (exact) mass is 405 g/mol. The lowest BCUT2D eigenvalue weighted by molar-refractivity contribution is -0.146. The second-order valence-electron chi connectivity index (χ2n) is 6.59. The SMILES string of the molecule is COC(=O)[C@@H](NC(=O)COC(c1ccccc1)c1ccccc1)c1ccccc1O. The predicted molar refractivity (Wildman–Crippen MR) is 112 cm³/mol. The highest BCUT2D eigenvalue weighted by molar-refractivity contribution is 5.86. The first-order valence-electron chi connectivity index (χ1n) is 9.46. The Morgan fingerprint density at radius 3 is 1.93 bits per heavy atom. The third kappa shape index (κ3) is 5.24. The van der Waals surface area contributed by atoms with Gasteiger partial charge in [0.15, 0.2) is 6.04 Å². The van der Waals surface area contributed by atoms with Crippen molar-refractivity contribution in [2.75, 3.05) is 13.7 Å². The molecule has 0 fully saturated rings. The minimum atomic E-state index is -1.14. The number of benzene rings is 3. The van der Waals surface area contributed by atoms with Crippen molar-refractivity contribution in [3.8, 4) is 5.75 Å². The van der Waals surface area contributed by atoms with Crippen molar-refractivity contribution >= 4 is 11.9 Å². The molecule has 1 atom stereocenters. The smallest absolute Gasteiger partial charge is 0.333 e. The number of methoxy groups -OCH3 is 1. The minimum Gasteiger partial charge on any atom is -0.508 e. The first-order valence-corrected chi connectivity index (χ1v) is 9.46. The van der Waals surface area contributed by atoms with Crippen LogP contribution in [0.25, 0.3) is 0 Å². The van der Waals surface area contributed by atoms with Gasteiger partial charge in [-0.25, -0.2) is 4.79 Å². The molecular formula is C24H23NO5. The molecule has 30 heavy (non-hydrogen) atoms. The van der Waals surface area contributed by atoms with Gasteiger partial charge < -0.3 is 19.9 Å². The maximum Gasteiger partial charge on any atom is 0.333 e. The first-order chi connectivity index (χ1) is 14.6. The Bertz CT molecular complexity index is 936. The van der Waals surface area contributed by atoms with Crippen molar-refractivity contribution in [2.24, 2.45) is 0 Å². The normalized spacial score (nSPS) is 11.7. The molecule has 154 valence electrons. The van der Waals surface area contributed by atoms with Crippen LogP contribution in [0.2, 0.25) is 0 Å². The van der Waals surface area contributed by atoms with E-state index in [1.54, 1.807) is 18.2 Å². The lowest BCUT2D eigenvalue weighted by atomic mass is 10.0. The van der Waals surface area contributed by atoms with Crippen LogP contribution in [-0.4, -0.2) is 30.7 Å². The van der Waals surface area contributed by atoms with Crippen molar-refractivity contribution in [1.29, 1.82) is 0 Å². The van der Waals surface area contributed by atoms with E-state index in [0.717, 1.165) is 11.1 Å². The highest BCUT2D eigenvalue weighted by atomic mass is 16.5. The summed E-state index contributed by atoms with van der Waals surface area (Å²) in [7, 11) is 1.22. The van der Waals surface area contributed by atoms with Crippen LogP contribution in [0, 0.1) is 0 Å². The molecule has 2 N–H and O–H groups in total. The van der Waals surface area contributed by atoms with Crippen LogP contribution in [0.1, 0.15) is 28.8 Å². The van der Waals surface area contributed by atoms with Crippen LogP contribution >= 0.6 is 0 Å². The molecule has 0 saturated carbocycles. The largest absolute Gasteiger partial charge is 0.508 e. The fraction of sp³-hybridized carbons (Fsp3) is 0.167. The van der Waals surface area contributed by atoms with Gasteiger partial charge in [0, 0.05) is 5.56 Å². The zero-order valence-corrected chi connectivity index (χ0v) is 16.5. The number of rotatable bonds is 8. The van der Waals surface area contributed by atoms with E-state index in [1.165, 1.54) is 13.2 Å². The fourth-order valence-corrected chi connectivity index (χ4v) is 3.12. The van der Waals surface area contributed by atoms with E-state index in [-0.39, 0.29) is 17.9 Å². The van der Waals surface area contributed by atoms with Gasteiger partial charge in [0.1, 0.15) is 18.5 Å². The van der Waals surface area contributed by atoms with Gasteiger partial charge >= 0.3 is 5.97 Å². The second-order valence-corrected chi connectivity index (χ2v) is 6.59. The van der Waals surface area contributed by atoms with E-state index in [2.05, 4.69) is 5.32 Å².